The lowest BCUT2D eigenvalue weighted by Gasteiger charge is -2.05. The Morgan fingerprint density at radius 2 is 2.14 bits per heavy atom. The summed E-state index contributed by atoms with van der Waals surface area (Å²) in [4.78, 5) is 23.2. The number of aldehydes is 1. The molecule has 3 aromatic rings. The highest BCUT2D eigenvalue weighted by Gasteiger charge is 2.12. The highest BCUT2D eigenvalue weighted by molar-refractivity contribution is 7.17. The molecule has 0 fully saturated rings. The fourth-order valence-corrected chi connectivity index (χ4v) is 3.40. The number of thiophene rings is 1. The van der Waals surface area contributed by atoms with E-state index in [1.54, 1.807) is 6.20 Å². The van der Waals surface area contributed by atoms with Crippen LogP contribution < -0.4 is 5.56 Å². The molecule has 0 N–H and O–H groups in total. The number of carbonyl (C=O) groups excluding carboxylic acids is 1. The summed E-state index contributed by atoms with van der Waals surface area (Å²) in [5.41, 5.74) is 2.69. The molecule has 0 radical (unpaired) electrons. The lowest BCUT2D eigenvalue weighted by Crippen LogP contribution is -2.19. The fourth-order valence-electron chi connectivity index (χ4n) is 2.33. The Balaban J connectivity index is 2.27. The Morgan fingerprint density at radius 3 is 2.86 bits per heavy atom. The number of benzene rings is 1. The minimum Gasteiger partial charge on any atom is -0.308 e. The van der Waals surface area contributed by atoms with Crippen LogP contribution >= 0.6 is 22.9 Å². The number of hydrogen-bond donors (Lipinski definition) is 0. The number of halogens is 1. The molecular weight excluding hydrogens is 306 g/mol. The van der Waals surface area contributed by atoms with Crippen molar-refractivity contribution in [2.45, 2.75) is 13.5 Å². The molecule has 5 heteroatoms. The van der Waals surface area contributed by atoms with Gasteiger partial charge in [0.05, 0.1) is 11.9 Å². The molecule has 1 aromatic carbocycles. The largest absolute Gasteiger partial charge is 0.308 e. The lowest BCUT2D eigenvalue weighted by molar-refractivity contribution is -0.108. The van der Waals surface area contributed by atoms with Crippen LogP contribution in [-0.2, 0) is 11.3 Å². The molecule has 0 aliphatic heterocycles. The van der Waals surface area contributed by atoms with E-state index < -0.39 is 0 Å². The van der Waals surface area contributed by atoms with Crippen LogP contribution in [0.25, 0.3) is 21.2 Å². The summed E-state index contributed by atoms with van der Waals surface area (Å²) >= 11 is 7.58. The van der Waals surface area contributed by atoms with E-state index in [1.807, 2.05) is 36.6 Å². The van der Waals surface area contributed by atoms with Crippen LogP contribution in [0, 0.1) is 6.92 Å². The van der Waals surface area contributed by atoms with Gasteiger partial charge in [-0.25, -0.2) is 0 Å². The highest BCUT2D eigenvalue weighted by atomic mass is 35.5. The molecule has 0 saturated heterocycles. The van der Waals surface area contributed by atoms with Crippen molar-refractivity contribution < 1.29 is 4.79 Å². The molecule has 21 heavy (non-hydrogen) atoms. The van der Waals surface area contributed by atoms with Gasteiger partial charge in [-0.1, -0.05) is 17.7 Å². The predicted molar refractivity (Wildman–Crippen MR) is 87.3 cm³/mol. The molecule has 0 saturated carbocycles. The van der Waals surface area contributed by atoms with Gasteiger partial charge in [0, 0.05) is 26.9 Å². The van der Waals surface area contributed by atoms with Crippen molar-refractivity contribution in [3.63, 3.8) is 0 Å². The SMILES string of the molecule is Cc1cc(-c2csc3ccn(CC=O)c(=O)c23)ccc1Cl. The Hall–Kier alpha value is -1.91. The number of nitrogens with zero attached hydrogens (tertiary/aromatic N) is 1. The number of carbonyl (C=O) groups is 1. The molecule has 0 aliphatic carbocycles. The van der Waals surface area contributed by atoms with Gasteiger partial charge in [0.15, 0.2) is 0 Å². The molecule has 0 bridgehead atoms. The van der Waals surface area contributed by atoms with Crippen LogP contribution in [0.2, 0.25) is 5.02 Å². The second-order valence-electron chi connectivity index (χ2n) is 4.79. The van der Waals surface area contributed by atoms with Gasteiger partial charge in [-0.15, -0.1) is 11.3 Å². The van der Waals surface area contributed by atoms with Crippen molar-refractivity contribution in [1.29, 1.82) is 0 Å². The maximum atomic E-state index is 12.5. The maximum absolute atomic E-state index is 12.5. The van der Waals surface area contributed by atoms with E-state index in [-0.39, 0.29) is 12.1 Å². The molecular formula is C16H12ClNO2S. The number of aromatic nitrogens is 1. The maximum Gasteiger partial charge on any atom is 0.260 e. The molecule has 3 rings (SSSR count). The zero-order valence-electron chi connectivity index (χ0n) is 11.3. The number of rotatable bonds is 3. The third-order valence-electron chi connectivity index (χ3n) is 3.44. The van der Waals surface area contributed by atoms with Gasteiger partial charge in [-0.05, 0) is 36.2 Å². The van der Waals surface area contributed by atoms with Crippen LogP contribution in [0.4, 0.5) is 0 Å². The summed E-state index contributed by atoms with van der Waals surface area (Å²) in [5.74, 6) is 0. The van der Waals surface area contributed by atoms with E-state index in [1.165, 1.54) is 15.9 Å². The summed E-state index contributed by atoms with van der Waals surface area (Å²) < 4.78 is 2.35. The molecule has 2 aromatic heterocycles. The Morgan fingerprint density at radius 1 is 1.33 bits per heavy atom. The molecule has 0 amide bonds. The van der Waals surface area contributed by atoms with Crippen LogP contribution in [0.15, 0.2) is 40.6 Å². The van der Waals surface area contributed by atoms with Gasteiger partial charge >= 0.3 is 0 Å². The number of aryl methyl sites for hydroxylation is 1. The van der Waals surface area contributed by atoms with Crippen molar-refractivity contribution in [1.82, 2.24) is 4.57 Å². The molecule has 0 aliphatic rings. The highest BCUT2D eigenvalue weighted by Crippen LogP contribution is 2.33. The number of fused-ring (bicyclic) bond motifs is 1. The number of pyridine rings is 1. The van der Waals surface area contributed by atoms with E-state index in [9.17, 15) is 9.59 Å². The fraction of sp³-hybridized carbons (Fsp3) is 0.125. The van der Waals surface area contributed by atoms with Crippen molar-refractivity contribution in [2.75, 3.05) is 0 Å². The van der Waals surface area contributed by atoms with Crippen LogP contribution in [0.5, 0.6) is 0 Å². The molecule has 0 unspecified atom stereocenters. The van der Waals surface area contributed by atoms with E-state index in [2.05, 4.69) is 0 Å². The summed E-state index contributed by atoms with van der Waals surface area (Å²) in [5, 5.41) is 3.34. The van der Waals surface area contributed by atoms with Crippen LogP contribution in [0.3, 0.4) is 0 Å². The Bertz CT molecular complexity index is 895. The Kier molecular flexibility index (Phi) is 3.66. The van der Waals surface area contributed by atoms with E-state index >= 15 is 0 Å². The monoisotopic (exact) mass is 317 g/mol. The van der Waals surface area contributed by atoms with Gasteiger partial charge < -0.3 is 9.36 Å². The molecule has 0 spiro atoms. The minimum atomic E-state index is -0.136. The zero-order valence-corrected chi connectivity index (χ0v) is 12.9. The number of hydrogen-bond acceptors (Lipinski definition) is 3. The van der Waals surface area contributed by atoms with Gasteiger partial charge in [-0.2, -0.15) is 0 Å². The third-order valence-corrected chi connectivity index (χ3v) is 4.81. The summed E-state index contributed by atoms with van der Waals surface area (Å²) in [7, 11) is 0. The van der Waals surface area contributed by atoms with E-state index in [4.69, 9.17) is 11.6 Å². The van der Waals surface area contributed by atoms with Gasteiger partial charge in [0.25, 0.3) is 5.56 Å². The van der Waals surface area contributed by atoms with Crippen molar-refractivity contribution in [2.24, 2.45) is 0 Å². The summed E-state index contributed by atoms with van der Waals surface area (Å²) in [6, 6.07) is 7.59. The van der Waals surface area contributed by atoms with Gasteiger partial charge in [0.1, 0.15) is 6.29 Å². The van der Waals surface area contributed by atoms with E-state index in [0.717, 1.165) is 27.7 Å². The first-order valence-corrected chi connectivity index (χ1v) is 7.68. The van der Waals surface area contributed by atoms with Gasteiger partial charge in [0.2, 0.25) is 0 Å². The first-order valence-electron chi connectivity index (χ1n) is 6.42. The van der Waals surface area contributed by atoms with Crippen LogP contribution in [0.1, 0.15) is 5.56 Å². The van der Waals surface area contributed by atoms with Gasteiger partial charge in [-0.3, -0.25) is 4.79 Å². The summed E-state index contributed by atoms with van der Waals surface area (Å²) in [6.07, 6.45) is 2.39. The van der Waals surface area contributed by atoms with Crippen molar-refractivity contribution >= 4 is 39.3 Å². The topological polar surface area (TPSA) is 39.1 Å². The average molecular weight is 318 g/mol. The second-order valence-corrected chi connectivity index (χ2v) is 6.11. The molecule has 3 nitrogen and oxygen atoms in total. The van der Waals surface area contributed by atoms with Crippen molar-refractivity contribution in [3.8, 4) is 11.1 Å². The normalized spacial score (nSPS) is 11.0. The third kappa shape index (κ3) is 2.41. The molecule has 106 valence electrons. The average Bonchev–Trinajstić information content (AvgIpc) is 2.90. The lowest BCUT2D eigenvalue weighted by atomic mass is 10.0. The Labute approximate surface area is 130 Å². The molecule has 0 atom stereocenters. The summed E-state index contributed by atoms with van der Waals surface area (Å²) in [6.45, 7) is 2.01. The van der Waals surface area contributed by atoms with Crippen molar-refractivity contribution in [3.05, 3.63) is 56.8 Å². The standard InChI is InChI=1S/C16H12ClNO2S/c1-10-8-11(2-3-13(10)17)12-9-21-14-4-5-18(6-7-19)16(20)15(12)14/h2-5,7-9H,6H2,1H3. The second kappa shape index (κ2) is 5.47. The predicted octanol–water partition coefficient (Wildman–Crippen LogP) is 3.89. The quantitative estimate of drug-likeness (QED) is 0.687. The molecule has 2 heterocycles. The van der Waals surface area contributed by atoms with Crippen LogP contribution in [-0.4, -0.2) is 10.9 Å². The first kappa shape index (κ1) is 14.0. The smallest absolute Gasteiger partial charge is 0.260 e. The zero-order chi connectivity index (χ0) is 15.0. The first-order chi connectivity index (χ1) is 10.1. The van der Waals surface area contributed by atoms with E-state index in [0.29, 0.717) is 10.4 Å². The minimum absolute atomic E-state index is 0.0731.